The van der Waals surface area contributed by atoms with Crippen LogP contribution in [0.15, 0.2) is 0 Å². The number of thioether (sulfide) groups is 1. The fraction of sp³-hybridized carbons (Fsp3) is 1.00. The summed E-state index contributed by atoms with van der Waals surface area (Å²) in [5, 5.41) is 4.69. The van der Waals surface area contributed by atoms with E-state index in [9.17, 15) is 0 Å². The lowest BCUT2D eigenvalue weighted by atomic mass is 10.0. The highest BCUT2D eigenvalue weighted by Gasteiger charge is 2.31. The van der Waals surface area contributed by atoms with Gasteiger partial charge in [-0.15, -0.1) is 0 Å². The SMILES string of the molecule is CCCNC(CC1CC1)C1CCCS1. The van der Waals surface area contributed by atoms with Crippen LogP contribution < -0.4 is 5.32 Å². The van der Waals surface area contributed by atoms with Crippen LogP contribution in [-0.2, 0) is 0 Å². The lowest BCUT2D eigenvalue weighted by Gasteiger charge is -2.24. The summed E-state index contributed by atoms with van der Waals surface area (Å²) in [7, 11) is 0. The van der Waals surface area contributed by atoms with E-state index < -0.39 is 0 Å². The minimum absolute atomic E-state index is 0.829. The van der Waals surface area contributed by atoms with E-state index in [0.717, 1.165) is 17.2 Å². The van der Waals surface area contributed by atoms with Crippen molar-refractivity contribution in [2.45, 2.75) is 56.7 Å². The molecule has 0 aromatic heterocycles. The van der Waals surface area contributed by atoms with Crippen molar-refractivity contribution >= 4 is 11.8 Å². The van der Waals surface area contributed by atoms with E-state index in [0.29, 0.717) is 0 Å². The minimum atomic E-state index is 0.829. The summed E-state index contributed by atoms with van der Waals surface area (Å²) >= 11 is 2.21. The number of hydrogen-bond acceptors (Lipinski definition) is 2. The van der Waals surface area contributed by atoms with E-state index in [1.165, 1.54) is 50.8 Å². The molecule has 1 saturated heterocycles. The van der Waals surface area contributed by atoms with Gasteiger partial charge in [-0.25, -0.2) is 0 Å². The summed E-state index contributed by atoms with van der Waals surface area (Å²) in [6, 6.07) is 0.829. The Labute approximate surface area is 92.4 Å². The molecule has 0 amide bonds. The fourth-order valence-corrected chi connectivity index (χ4v) is 3.74. The fourth-order valence-electron chi connectivity index (χ4n) is 2.33. The average molecular weight is 213 g/mol. The molecule has 0 aromatic carbocycles. The molecule has 0 spiro atoms. The minimum Gasteiger partial charge on any atom is -0.313 e. The molecule has 2 atom stereocenters. The van der Waals surface area contributed by atoms with Gasteiger partial charge in [0, 0.05) is 11.3 Å². The Kier molecular flexibility index (Phi) is 4.18. The first-order chi connectivity index (χ1) is 6.90. The molecule has 0 radical (unpaired) electrons. The van der Waals surface area contributed by atoms with E-state index in [1.54, 1.807) is 0 Å². The Balaban J connectivity index is 1.76. The van der Waals surface area contributed by atoms with Gasteiger partial charge in [-0.3, -0.25) is 0 Å². The standard InChI is InChI=1S/C12H23NS/c1-2-7-13-11(9-10-5-6-10)12-4-3-8-14-12/h10-13H,2-9H2,1H3. The third kappa shape index (κ3) is 3.16. The molecule has 2 fully saturated rings. The van der Waals surface area contributed by atoms with Crippen LogP contribution >= 0.6 is 11.8 Å². The molecule has 14 heavy (non-hydrogen) atoms. The Morgan fingerprint density at radius 1 is 1.36 bits per heavy atom. The molecule has 2 heteroatoms. The summed E-state index contributed by atoms with van der Waals surface area (Å²) in [6.45, 7) is 3.48. The summed E-state index contributed by atoms with van der Waals surface area (Å²) in [4.78, 5) is 0. The summed E-state index contributed by atoms with van der Waals surface area (Å²) < 4.78 is 0. The van der Waals surface area contributed by atoms with Gasteiger partial charge in [0.15, 0.2) is 0 Å². The number of hydrogen-bond donors (Lipinski definition) is 1. The molecule has 2 unspecified atom stereocenters. The van der Waals surface area contributed by atoms with Crippen molar-refractivity contribution in [1.82, 2.24) is 5.32 Å². The van der Waals surface area contributed by atoms with Crippen molar-refractivity contribution in [3.05, 3.63) is 0 Å². The van der Waals surface area contributed by atoms with E-state index in [2.05, 4.69) is 24.0 Å². The quantitative estimate of drug-likeness (QED) is 0.728. The molecule has 1 saturated carbocycles. The molecule has 1 heterocycles. The molecule has 1 nitrogen and oxygen atoms in total. The van der Waals surface area contributed by atoms with Crippen molar-refractivity contribution in [1.29, 1.82) is 0 Å². The van der Waals surface area contributed by atoms with Crippen molar-refractivity contribution in [3.63, 3.8) is 0 Å². The summed E-state index contributed by atoms with van der Waals surface area (Å²) in [5.74, 6) is 2.48. The maximum absolute atomic E-state index is 3.76. The van der Waals surface area contributed by atoms with Gasteiger partial charge in [-0.1, -0.05) is 19.8 Å². The Hall–Kier alpha value is 0.310. The molecule has 1 N–H and O–H groups in total. The van der Waals surface area contributed by atoms with Crippen LogP contribution in [0.4, 0.5) is 0 Å². The predicted octanol–water partition coefficient (Wildman–Crippen LogP) is 3.05. The maximum Gasteiger partial charge on any atom is 0.0201 e. The van der Waals surface area contributed by atoms with Gasteiger partial charge in [0.1, 0.15) is 0 Å². The predicted molar refractivity (Wildman–Crippen MR) is 64.9 cm³/mol. The van der Waals surface area contributed by atoms with Gasteiger partial charge >= 0.3 is 0 Å². The van der Waals surface area contributed by atoms with E-state index in [-0.39, 0.29) is 0 Å². The first-order valence-electron chi connectivity index (χ1n) is 6.25. The first-order valence-corrected chi connectivity index (χ1v) is 7.30. The summed E-state index contributed by atoms with van der Waals surface area (Å²) in [5.41, 5.74) is 0. The zero-order valence-electron chi connectivity index (χ0n) is 9.30. The molecule has 1 aliphatic heterocycles. The first kappa shape index (κ1) is 10.8. The van der Waals surface area contributed by atoms with Crippen molar-refractivity contribution in [3.8, 4) is 0 Å². The van der Waals surface area contributed by atoms with Crippen LogP contribution in [0.1, 0.15) is 45.4 Å². The van der Waals surface area contributed by atoms with Gasteiger partial charge in [0.05, 0.1) is 0 Å². The van der Waals surface area contributed by atoms with Crippen LogP contribution in [-0.4, -0.2) is 23.6 Å². The molecule has 2 rings (SSSR count). The van der Waals surface area contributed by atoms with Crippen molar-refractivity contribution in [2.24, 2.45) is 5.92 Å². The Morgan fingerprint density at radius 3 is 2.79 bits per heavy atom. The van der Waals surface area contributed by atoms with Gasteiger partial charge in [-0.2, -0.15) is 11.8 Å². The average Bonchev–Trinajstić information content (AvgIpc) is 2.84. The van der Waals surface area contributed by atoms with E-state index in [4.69, 9.17) is 0 Å². The Morgan fingerprint density at radius 2 is 2.21 bits per heavy atom. The van der Waals surface area contributed by atoms with Gasteiger partial charge in [-0.05, 0) is 43.9 Å². The van der Waals surface area contributed by atoms with Crippen LogP contribution in [0.25, 0.3) is 0 Å². The third-order valence-electron chi connectivity index (χ3n) is 3.35. The molecular formula is C12H23NS. The topological polar surface area (TPSA) is 12.0 Å². The monoisotopic (exact) mass is 213 g/mol. The van der Waals surface area contributed by atoms with E-state index in [1.807, 2.05) is 0 Å². The largest absolute Gasteiger partial charge is 0.313 e. The number of rotatable bonds is 6. The van der Waals surface area contributed by atoms with Crippen molar-refractivity contribution < 1.29 is 0 Å². The second-order valence-electron chi connectivity index (χ2n) is 4.79. The molecule has 0 bridgehead atoms. The van der Waals surface area contributed by atoms with Crippen LogP contribution in [0.2, 0.25) is 0 Å². The zero-order chi connectivity index (χ0) is 9.80. The lowest BCUT2D eigenvalue weighted by Crippen LogP contribution is -2.38. The highest BCUT2D eigenvalue weighted by Crippen LogP contribution is 2.38. The van der Waals surface area contributed by atoms with Gasteiger partial charge in [0.2, 0.25) is 0 Å². The zero-order valence-corrected chi connectivity index (χ0v) is 10.1. The van der Waals surface area contributed by atoms with Crippen LogP contribution in [0.3, 0.4) is 0 Å². The third-order valence-corrected chi connectivity index (χ3v) is 4.87. The second kappa shape index (κ2) is 5.41. The normalized spacial score (nSPS) is 29.4. The number of nitrogens with one attached hydrogen (secondary N) is 1. The van der Waals surface area contributed by atoms with Crippen LogP contribution in [0.5, 0.6) is 0 Å². The highest BCUT2D eigenvalue weighted by atomic mass is 32.2. The van der Waals surface area contributed by atoms with Crippen molar-refractivity contribution in [2.75, 3.05) is 12.3 Å². The molecule has 0 aromatic rings. The highest BCUT2D eigenvalue weighted by molar-refractivity contribution is 8.00. The lowest BCUT2D eigenvalue weighted by molar-refractivity contribution is 0.437. The smallest absolute Gasteiger partial charge is 0.0201 e. The molecule has 2 aliphatic rings. The maximum atomic E-state index is 3.76. The Bertz CT molecular complexity index is 162. The van der Waals surface area contributed by atoms with Gasteiger partial charge in [0.25, 0.3) is 0 Å². The molecule has 1 aliphatic carbocycles. The van der Waals surface area contributed by atoms with Gasteiger partial charge < -0.3 is 5.32 Å². The summed E-state index contributed by atoms with van der Waals surface area (Å²) in [6.07, 6.45) is 8.64. The molecule has 82 valence electrons. The van der Waals surface area contributed by atoms with Crippen LogP contribution in [0, 0.1) is 5.92 Å². The second-order valence-corrected chi connectivity index (χ2v) is 6.14. The molecular weight excluding hydrogens is 190 g/mol. The van der Waals surface area contributed by atoms with E-state index >= 15 is 0 Å².